The lowest BCUT2D eigenvalue weighted by atomic mass is 9.85. The normalized spacial score (nSPS) is 19.5. The lowest BCUT2D eigenvalue weighted by molar-refractivity contribution is -0.153. The van der Waals surface area contributed by atoms with Crippen molar-refractivity contribution in [2.45, 2.75) is 37.3 Å². The number of nitrogens with zero attached hydrogens (tertiary/aromatic N) is 2. The molecule has 1 saturated heterocycles. The van der Waals surface area contributed by atoms with Crippen molar-refractivity contribution in [1.29, 1.82) is 0 Å². The summed E-state index contributed by atoms with van der Waals surface area (Å²) in [5, 5.41) is 7.24. The number of pyridine rings is 1. The van der Waals surface area contributed by atoms with E-state index in [0.717, 1.165) is 24.1 Å². The fourth-order valence-electron chi connectivity index (χ4n) is 2.90. The van der Waals surface area contributed by atoms with Gasteiger partial charge in [0.1, 0.15) is 11.4 Å². The fraction of sp³-hybridized carbons (Fsp3) is 0.529. The van der Waals surface area contributed by atoms with Crippen LogP contribution in [-0.4, -0.2) is 41.2 Å². The number of aromatic amines is 1. The molecule has 8 heteroatoms. The third-order valence-electron chi connectivity index (χ3n) is 4.64. The van der Waals surface area contributed by atoms with Crippen LogP contribution in [0.2, 0.25) is 0 Å². The Hall–Kier alpha value is -2.09. The highest BCUT2D eigenvalue weighted by Gasteiger charge is 2.37. The van der Waals surface area contributed by atoms with Crippen LogP contribution in [-0.2, 0) is 10.2 Å². The van der Waals surface area contributed by atoms with Gasteiger partial charge >= 0.3 is 6.18 Å². The predicted molar refractivity (Wildman–Crippen MR) is 83.5 cm³/mol. The Morgan fingerprint density at radius 1 is 1.28 bits per heavy atom. The quantitative estimate of drug-likeness (QED) is 0.893. The predicted octanol–water partition coefficient (Wildman–Crippen LogP) is 3.58. The Morgan fingerprint density at radius 3 is 2.64 bits per heavy atom. The molecule has 1 aliphatic heterocycles. The Morgan fingerprint density at radius 2 is 2.04 bits per heavy atom. The van der Waals surface area contributed by atoms with E-state index in [1.165, 1.54) is 0 Å². The van der Waals surface area contributed by atoms with Crippen molar-refractivity contribution in [2.24, 2.45) is 0 Å². The van der Waals surface area contributed by atoms with Crippen molar-refractivity contribution < 1.29 is 22.6 Å². The molecular formula is C17H18F3N3O2. The molecule has 5 nitrogen and oxygen atoms in total. The van der Waals surface area contributed by atoms with Crippen molar-refractivity contribution >= 4 is 0 Å². The number of rotatable bonds is 5. The first-order valence-corrected chi connectivity index (χ1v) is 8.18. The van der Waals surface area contributed by atoms with Crippen molar-refractivity contribution in [3.8, 4) is 17.1 Å². The second-order valence-electron chi connectivity index (χ2n) is 7.01. The molecule has 0 radical (unpaired) electrons. The van der Waals surface area contributed by atoms with Gasteiger partial charge in [-0.05, 0) is 31.7 Å². The number of hydrogen-bond donors (Lipinski definition) is 1. The first-order chi connectivity index (χ1) is 11.8. The lowest BCUT2D eigenvalue weighted by Crippen LogP contribution is -2.44. The number of nitrogens with one attached hydrogen (secondary N) is 1. The second kappa shape index (κ2) is 5.72. The van der Waals surface area contributed by atoms with E-state index in [1.54, 1.807) is 12.3 Å². The number of H-pyrrole nitrogens is 1. The molecule has 0 atom stereocenters. The summed E-state index contributed by atoms with van der Waals surface area (Å²) in [6.45, 7) is 1.98. The molecular weight excluding hydrogens is 335 g/mol. The Balaban J connectivity index is 1.61. The molecule has 3 heterocycles. The smallest absolute Gasteiger partial charge is 0.422 e. The van der Waals surface area contributed by atoms with Crippen LogP contribution in [0.25, 0.3) is 11.4 Å². The van der Waals surface area contributed by atoms with Gasteiger partial charge in [0.15, 0.2) is 6.61 Å². The van der Waals surface area contributed by atoms with Crippen molar-refractivity contribution in [3.63, 3.8) is 0 Å². The van der Waals surface area contributed by atoms with Crippen LogP contribution < -0.4 is 4.74 Å². The maximum atomic E-state index is 12.5. The van der Waals surface area contributed by atoms with Crippen LogP contribution in [0.4, 0.5) is 13.2 Å². The second-order valence-corrected chi connectivity index (χ2v) is 7.01. The first kappa shape index (κ1) is 16.4. The van der Waals surface area contributed by atoms with E-state index in [1.807, 2.05) is 6.07 Å². The molecule has 134 valence electrons. The van der Waals surface area contributed by atoms with Crippen LogP contribution >= 0.6 is 0 Å². The molecule has 2 aliphatic rings. The van der Waals surface area contributed by atoms with E-state index < -0.39 is 12.8 Å². The highest BCUT2D eigenvalue weighted by molar-refractivity contribution is 5.59. The molecule has 2 fully saturated rings. The summed E-state index contributed by atoms with van der Waals surface area (Å²) in [4.78, 5) is 4.38. The average molecular weight is 353 g/mol. The molecule has 0 unspecified atom stereocenters. The number of hydrogen-bond acceptors (Lipinski definition) is 4. The topological polar surface area (TPSA) is 60.0 Å². The van der Waals surface area contributed by atoms with Crippen LogP contribution in [0.15, 0.2) is 18.3 Å². The molecule has 1 aliphatic carbocycles. The molecule has 1 N–H and O–H groups in total. The third kappa shape index (κ3) is 3.35. The van der Waals surface area contributed by atoms with Crippen LogP contribution in [0.3, 0.4) is 0 Å². The molecule has 25 heavy (non-hydrogen) atoms. The van der Waals surface area contributed by atoms with Crippen molar-refractivity contribution in [3.05, 3.63) is 29.6 Å². The summed E-state index contributed by atoms with van der Waals surface area (Å²) < 4.78 is 47.9. The summed E-state index contributed by atoms with van der Waals surface area (Å²) in [5.74, 6) is 0.484. The summed E-state index contributed by atoms with van der Waals surface area (Å²) in [7, 11) is 0. The maximum Gasteiger partial charge on any atom is 0.422 e. The highest BCUT2D eigenvalue weighted by Crippen LogP contribution is 2.45. The summed E-state index contributed by atoms with van der Waals surface area (Å²) in [5.41, 5.74) is 2.65. The SMILES string of the molecule is CC1(c2cc(-c3cc(OCC(F)(F)F)c(C4CC4)cn3)n[nH]2)COC1. The molecule has 0 amide bonds. The summed E-state index contributed by atoms with van der Waals surface area (Å²) >= 11 is 0. The van der Waals surface area contributed by atoms with Gasteiger partial charge in [0, 0.05) is 23.5 Å². The number of aromatic nitrogens is 3. The van der Waals surface area contributed by atoms with E-state index >= 15 is 0 Å². The standard InChI is InChI=1S/C17H18F3N3O2/c1-16(7-24-8-16)15-5-13(22-23-15)12-4-14(25-9-17(18,19)20)11(6-21-12)10-2-3-10/h4-6,10H,2-3,7-9H2,1H3,(H,22,23). The molecule has 2 aromatic heterocycles. The zero-order valence-corrected chi connectivity index (χ0v) is 13.7. The Kier molecular flexibility index (Phi) is 3.75. The average Bonchev–Trinajstić information content (AvgIpc) is 3.26. The Bertz CT molecular complexity index is 780. The van der Waals surface area contributed by atoms with Crippen LogP contribution in [0, 0.1) is 0 Å². The minimum absolute atomic E-state index is 0.102. The van der Waals surface area contributed by atoms with Crippen molar-refractivity contribution in [1.82, 2.24) is 15.2 Å². The highest BCUT2D eigenvalue weighted by atomic mass is 19.4. The van der Waals surface area contributed by atoms with Gasteiger partial charge in [-0.15, -0.1) is 0 Å². The summed E-state index contributed by atoms with van der Waals surface area (Å²) in [6.07, 6.45) is -0.855. The van der Waals surface area contributed by atoms with Gasteiger partial charge in [0.2, 0.25) is 0 Å². The number of halogens is 3. The number of alkyl halides is 3. The molecule has 2 aromatic rings. The van der Waals surface area contributed by atoms with Crippen LogP contribution in [0.5, 0.6) is 5.75 Å². The van der Waals surface area contributed by atoms with E-state index in [-0.39, 0.29) is 17.1 Å². The fourth-order valence-corrected chi connectivity index (χ4v) is 2.90. The van der Waals surface area contributed by atoms with E-state index in [4.69, 9.17) is 9.47 Å². The molecule has 0 bridgehead atoms. The molecule has 0 aromatic carbocycles. The van der Waals surface area contributed by atoms with Crippen LogP contribution in [0.1, 0.15) is 36.9 Å². The minimum Gasteiger partial charge on any atom is -0.484 e. The number of ether oxygens (including phenoxy) is 2. The van der Waals surface area contributed by atoms with Gasteiger partial charge in [0.25, 0.3) is 0 Å². The van der Waals surface area contributed by atoms with E-state index in [0.29, 0.717) is 24.6 Å². The zero-order valence-electron chi connectivity index (χ0n) is 13.7. The van der Waals surface area contributed by atoms with E-state index in [2.05, 4.69) is 22.1 Å². The molecule has 0 spiro atoms. The van der Waals surface area contributed by atoms with Gasteiger partial charge in [-0.2, -0.15) is 18.3 Å². The molecule has 4 rings (SSSR count). The maximum absolute atomic E-state index is 12.5. The van der Waals surface area contributed by atoms with Crippen molar-refractivity contribution in [2.75, 3.05) is 19.8 Å². The van der Waals surface area contributed by atoms with Gasteiger partial charge < -0.3 is 9.47 Å². The first-order valence-electron chi connectivity index (χ1n) is 8.18. The lowest BCUT2D eigenvalue weighted by Gasteiger charge is -2.36. The summed E-state index contributed by atoms with van der Waals surface area (Å²) in [6, 6.07) is 3.42. The minimum atomic E-state index is -4.37. The van der Waals surface area contributed by atoms with Gasteiger partial charge in [-0.3, -0.25) is 10.1 Å². The largest absolute Gasteiger partial charge is 0.484 e. The Labute approximate surface area is 142 Å². The monoisotopic (exact) mass is 353 g/mol. The van der Waals surface area contributed by atoms with E-state index in [9.17, 15) is 13.2 Å². The molecule has 1 saturated carbocycles. The van der Waals surface area contributed by atoms with Gasteiger partial charge in [-0.1, -0.05) is 0 Å². The van der Waals surface area contributed by atoms with Gasteiger partial charge in [0.05, 0.1) is 24.3 Å². The third-order valence-corrected chi connectivity index (χ3v) is 4.64. The van der Waals surface area contributed by atoms with Gasteiger partial charge in [-0.25, -0.2) is 0 Å². The zero-order chi connectivity index (χ0) is 17.7.